The average molecular weight is 246 g/mol. The van der Waals surface area contributed by atoms with Gasteiger partial charge in [-0.3, -0.25) is 4.68 Å². The number of rotatable bonds is 4. The fraction of sp³-hybridized carbons (Fsp3) is 0.333. The number of fused-ring (bicyclic) bond motifs is 1. The van der Waals surface area contributed by atoms with Crippen molar-refractivity contribution in [1.82, 2.24) is 20.3 Å². The maximum absolute atomic E-state index is 9.36. The molecule has 3 rings (SSSR count). The molecule has 2 N–H and O–H groups in total. The van der Waals surface area contributed by atoms with Crippen LogP contribution < -0.4 is 10.1 Å². The minimum Gasteiger partial charge on any atom is -0.508 e. The van der Waals surface area contributed by atoms with E-state index in [1.165, 1.54) is 0 Å². The van der Waals surface area contributed by atoms with Gasteiger partial charge >= 0.3 is 0 Å². The van der Waals surface area contributed by atoms with E-state index >= 15 is 0 Å². The second kappa shape index (κ2) is 4.66. The molecule has 1 aromatic carbocycles. The topological polar surface area (TPSA) is 72.2 Å². The summed E-state index contributed by atoms with van der Waals surface area (Å²) in [6, 6.07) is 5.39. The van der Waals surface area contributed by atoms with Gasteiger partial charge in [-0.25, -0.2) is 0 Å². The van der Waals surface area contributed by atoms with Crippen LogP contribution in [0.1, 0.15) is 11.6 Å². The van der Waals surface area contributed by atoms with Crippen molar-refractivity contribution >= 4 is 0 Å². The zero-order valence-electron chi connectivity index (χ0n) is 9.78. The van der Waals surface area contributed by atoms with Gasteiger partial charge in [0.15, 0.2) is 0 Å². The van der Waals surface area contributed by atoms with E-state index < -0.39 is 0 Å². The zero-order valence-corrected chi connectivity index (χ0v) is 9.78. The maximum atomic E-state index is 9.36. The number of nitrogens with zero attached hydrogens (tertiary/aromatic N) is 3. The molecule has 1 aromatic heterocycles. The smallest absolute Gasteiger partial charge is 0.127 e. The Morgan fingerprint density at radius 1 is 1.50 bits per heavy atom. The molecule has 6 nitrogen and oxygen atoms in total. The second-order valence-electron chi connectivity index (χ2n) is 4.21. The van der Waals surface area contributed by atoms with Gasteiger partial charge in [0.25, 0.3) is 0 Å². The van der Waals surface area contributed by atoms with Crippen LogP contribution >= 0.6 is 0 Å². The lowest BCUT2D eigenvalue weighted by Crippen LogP contribution is -2.26. The fourth-order valence-electron chi connectivity index (χ4n) is 2.07. The Kier molecular flexibility index (Phi) is 2.85. The van der Waals surface area contributed by atoms with Gasteiger partial charge in [-0.2, -0.15) is 0 Å². The average Bonchev–Trinajstić information content (AvgIpc) is 2.99. The predicted molar refractivity (Wildman–Crippen MR) is 64.4 cm³/mol. The lowest BCUT2D eigenvalue weighted by atomic mass is 10.1. The number of aromatic nitrogens is 3. The van der Waals surface area contributed by atoms with E-state index in [9.17, 15) is 5.11 Å². The summed E-state index contributed by atoms with van der Waals surface area (Å²) in [5, 5.41) is 20.4. The molecule has 18 heavy (non-hydrogen) atoms. The molecule has 1 aliphatic heterocycles. The molecule has 0 fully saturated rings. The van der Waals surface area contributed by atoms with Gasteiger partial charge in [-0.1, -0.05) is 5.21 Å². The molecule has 94 valence electrons. The summed E-state index contributed by atoms with van der Waals surface area (Å²) in [4.78, 5) is 0. The number of phenols is 1. The molecular weight excluding hydrogens is 232 g/mol. The fourth-order valence-corrected chi connectivity index (χ4v) is 2.07. The Hall–Kier alpha value is -2.08. The van der Waals surface area contributed by atoms with E-state index in [2.05, 4.69) is 15.6 Å². The standard InChI is InChI=1S/C12H14N4O2/c17-9-1-2-10-11(8-18-12(10)7-9)13-3-5-16-6-4-14-15-16/h1-2,4,6-7,11,13,17H,3,5,8H2. The van der Waals surface area contributed by atoms with Crippen LogP contribution in [0.4, 0.5) is 0 Å². The first-order chi connectivity index (χ1) is 8.83. The maximum Gasteiger partial charge on any atom is 0.127 e. The van der Waals surface area contributed by atoms with Gasteiger partial charge in [0.2, 0.25) is 0 Å². The van der Waals surface area contributed by atoms with Gasteiger partial charge in [0, 0.05) is 24.4 Å². The van der Waals surface area contributed by atoms with Crippen LogP contribution in [0.15, 0.2) is 30.6 Å². The van der Waals surface area contributed by atoms with Crippen molar-refractivity contribution in [2.75, 3.05) is 13.2 Å². The van der Waals surface area contributed by atoms with Crippen molar-refractivity contribution in [3.05, 3.63) is 36.2 Å². The van der Waals surface area contributed by atoms with Gasteiger partial charge in [0.05, 0.1) is 18.8 Å². The number of ether oxygens (including phenoxy) is 1. The Morgan fingerprint density at radius 3 is 3.28 bits per heavy atom. The highest BCUT2D eigenvalue weighted by atomic mass is 16.5. The number of hydrogen-bond acceptors (Lipinski definition) is 5. The lowest BCUT2D eigenvalue weighted by Gasteiger charge is -2.11. The van der Waals surface area contributed by atoms with E-state index in [4.69, 9.17) is 4.74 Å². The first-order valence-electron chi connectivity index (χ1n) is 5.86. The zero-order chi connectivity index (χ0) is 12.4. The molecule has 0 bridgehead atoms. The van der Waals surface area contributed by atoms with Gasteiger partial charge in [0.1, 0.15) is 18.1 Å². The third-order valence-electron chi connectivity index (χ3n) is 2.98. The highest BCUT2D eigenvalue weighted by molar-refractivity contribution is 5.44. The minimum atomic E-state index is 0.170. The number of phenolic OH excluding ortho intramolecular Hbond substituents is 1. The quantitative estimate of drug-likeness (QED) is 0.831. The van der Waals surface area contributed by atoms with Crippen LogP contribution in [-0.2, 0) is 6.54 Å². The van der Waals surface area contributed by atoms with Crippen LogP contribution in [0.2, 0.25) is 0 Å². The summed E-state index contributed by atoms with van der Waals surface area (Å²) < 4.78 is 7.30. The first-order valence-corrected chi connectivity index (χ1v) is 5.86. The Bertz CT molecular complexity index is 527. The summed E-state index contributed by atoms with van der Waals surface area (Å²) in [5.41, 5.74) is 1.09. The van der Waals surface area contributed by atoms with Crippen LogP contribution in [0, 0.1) is 0 Å². The molecule has 6 heteroatoms. The Morgan fingerprint density at radius 2 is 2.44 bits per heavy atom. The lowest BCUT2D eigenvalue weighted by molar-refractivity contribution is 0.308. The first kappa shape index (κ1) is 11.0. The van der Waals surface area contributed by atoms with Crippen LogP contribution in [0.25, 0.3) is 0 Å². The summed E-state index contributed by atoms with van der Waals surface area (Å²) in [6.07, 6.45) is 3.50. The molecule has 1 unspecified atom stereocenters. The van der Waals surface area contributed by atoms with Crippen LogP contribution in [0.5, 0.6) is 11.5 Å². The van der Waals surface area contributed by atoms with Crippen molar-refractivity contribution in [3.63, 3.8) is 0 Å². The molecule has 0 amide bonds. The predicted octanol–water partition coefficient (Wildman–Crippen LogP) is 0.707. The van der Waals surface area contributed by atoms with E-state index in [-0.39, 0.29) is 11.8 Å². The normalized spacial score (nSPS) is 17.4. The molecule has 2 aromatic rings. The molecule has 2 heterocycles. The van der Waals surface area contributed by atoms with Crippen LogP contribution in [-0.4, -0.2) is 33.3 Å². The largest absolute Gasteiger partial charge is 0.508 e. The van der Waals surface area contributed by atoms with E-state index in [1.807, 2.05) is 12.3 Å². The SMILES string of the molecule is Oc1ccc2c(c1)OCC2NCCn1ccnn1. The summed E-state index contributed by atoms with van der Waals surface area (Å²) in [6.45, 7) is 2.15. The number of nitrogens with one attached hydrogen (secondary N) is 1. The molecule has 1 atom stereocenters. The third kappa shape index (κ3) is 2.14. The minimum absolute atomic E-state index is 0.170. The highest BCUT2D eigenvalue weighted by Crippen LogP contribution is 2.34. The number of benzene rings is 1. The van der Waals surface area contributed by atoms with Crippen molar-refractivity contribution < 1.29 is 9.84 Å². The van der Waals surface area contributed by atoms with Crippen molar-refractivity contribution in [3.8, 4) is 11.5 Å². The monoisotopic (exact) mass is 246 g/mol. The van der Waals surface area contributed by atoms with Crippen molar-refractivity contribution in [1.29, 1.82) is 0 Å². The molecule has 0 saturated heterocycles. The third-order valence-corrected chi connectivity index (χ3v) is 2.98. The van der Waals surface area contributed by atoms with Crippen molar-refractivity contribution in [2.24, 2.45) is 0 Å². The van der Waals surface area contributed by atoms with Crippen LogP contribution in [0.3, 0.4) is 0 Å². The second-order valence-corrected chi connectivity index (χ2v) is 4.21. The Labute approximate surface area is 104 Å². The van der Waals surface area contributed by atoms with Gasteiger partial charge in [-0.05, 0) is 12.1 Å². The highest BCUT2D eigenvalue weighted by Gasteiger charge is 2.23. The Balaban J connectivity index is 1.59. The number of hydrogen-bond donors (Lipinski definition) is 2. The van der Waals surface area contributed by atoms with Gasteiger partial charge in [-0.15, -0.1) is 5.10 Å². The van der Waals surface area contributed by atoms with Crippen molar-refractivity contribution in [2.45, 2.75) is 12.6 Å². The molecule has 1 aliphatic rings. The summed E-state index contributed by atoms with van der Waals surface area (Å²) in [7, 11) is 0. The summed E-state index contributed by atoms with van der Waals surface area (Å²) >= 11 is 0. The van der Waals surface area contributed by atoms with E-state index in [0.717, 1.165) is 24.4 Å². The van der Waals surface area contributed by atoms with Gasteiger partial charge < -0.3 is 15.2 Å². The molecule has 0 saturated carbocycles. The van der Waals surface area contributed by atoms with E-state index in [0.29, 0.717) is 6.61 Å². The molecule has 0 radical (unpaired) electrons. The number of aromatic hydroxyl groups is 1. The molecular formula is C12H14N4O2. The molecule has 0 spiro atoms. The molecule has 0 aliphatic carbocycles. The summed E-state index contributed by atoms with van der Waals surface area (Å²) in [5.74, 6) is 0.991. The van der Waals surface area contributed by atoms with E-state index in [1.54, 1.807) is 23.0 Å².